The van der Waals surface area contributed by atoms with Crippen molar-refractivity contribution >= 4 is 29.0 Å². The van der Waals surface area contributed by atoms with Gasteiger partial charge in [-0.1, -0.05) is 6.07 Å². The van der Waals surface area contributed by atoms with Crippen molar-refractivity contribution in [3.8, 4) is 5.75 Å². The van der Waals surface area contributed by atoms with Gasteiger partial charge >= 0.3 is 0 Å². The van der Waals surface area contributed by atoms with E-state index in [-0.39, 0.29) is 12.5 Å². The molecule has 0 unspecified atom stereocenters. The summed E-state index contributed by atoms with van der Waals surface area (Å²) in [5.41, 5.74) is 8.05. The molecule has 0 saturated heterocycles. The summed E-state index contributed by atoms with van der Waals surface area (Å²) >= 11 is 1.66. The number of thioether (sulfide) groups is 1. The quantitative estimate of drug-likeness (QED) is 0.657. The molecular weight excluding hydrogens is 284 g/mol. The Morgan fingerprint density at radius 3 is 2.57 bits per heavy atom. The topological polar surface area (TPSA) is 64.3 Å². The normalized spacial score (nSPS) is 10.2. The van der Waals surface area contributed by atoms with Gasteiger partial charge in [-0.25, -0.2) is 0 Å². The number of nitrogen functional groups attached to an aromatic ring is 1. The molecular formula is C16H18N2O2S. The zero-order valence-electron chi connectivity index (χ0n) is 12.1. The van der Waals surface area contributed by atoms with Crippen LogP contribution in [0.2, 0.25) is 0 Å². The molecule has 0 radical (unpaired) electrons. The SMILES string of the molecule is CSc1ccc(OCC(=O)Nc2ccc(C)cc2N)cc1. The molecule has 3 N–H and O–H groups in total. The molecule has 4 nitrogen and oxygen atoms in total. The van der Waals surface area contributed by atoms with Crippen molar-refractivity contribution in [2.24, 2.45) is 0 Å². The third-order valence-electron chi connectivity index (χ3n) is 2.91. The first-order valence-electron chi connectivity index (χ1n) is 6.51. The highest BCUT2D eigenvalue weighted by Crippen LogP contribution is 2.20. The van der Waals surface area contributed by atoms with E-state index in [2.05, 4.69) is 5.32 Å². The van der Waals surface area contributed by atoms with E-state index in [0.29, 0.717) is 17.1 Å². The number of hydrogen-bond acceptors (Lipinski definition) is 4. The second-order valence-electron chi connectivity index (χ2n) is 4.60. The zero-order chi connectivity index (χ0) is 15.2. The predicted octanol–water partition coefficient (Wildman–Crippen LogP) is 3.32. The Hall–Kier alpha value is -2.14. The molecule has 21 heavy (non-hydrogen) atoms. The lowest BCUT2D eigenvalue weighted by Gasteiger charge is -2.10. The molecule has 0 atom stereocenters. The van der Waals surface area contributed by atoms with Crippen LogP contribution >= 0.6 is 11.8 Å². The summed E-state index contributed by atoms with van der Waals surface area (Å²) < 4.78 is 5.44. The van der Waals surface area contributed by atoms with E-state index in [0.717, 1.165) is 10.5 Å². The van der Waals surface area contributed by atoms with Crippen molar-refractivity contribution in [1.82, 2.24) is 0 Å². The van der Waals surface area contributed by atoms with Gasteiger partial charge in [0.15, 0.2) is 6.61 Å². The smallest absolute Gasteiger partial charge is 0.262 e. The number of ether oxygens (including phenoxy) is 1. The van der Waals surface area contributed by atoms with Gasteiger partial charge in [-0.15, -0.1) is 11.8 Å². The van der Waals surface area contributed by atoms with Gasteiger partial charge in [-0.05, 0) is 55.1 Å². The molecule has 2 aromatic rings. The van der Waals surface area contributed by atoms with Gasteiger partial charge in [0.2, 0.25) is 0 Å². The number of hydrogen-bond donors (Lipinski definition) is 2. The molecule has 1 amide bonds. The van der Waals surface area contributed by atoms with Crippen LogP contribution in [0.5, 0.6) is 5.75 Å². The molecule has 0 heterocycles. The number of anilines is 2. The number of rotatable bonds is 5. The van der Waals surface area contributed by atoms with Gasteiger partial charge in [0, 0.05) is 4.90 Å². The average Bonchev–Trinajstić information content (AvgIpc) is 2.48. The maximum atomic E-state index is 11.9. The number of amides is 1. The Morgan fingerprint density at radius 2 is 1.95 bits per heavy atom. The fourth-order valence-corrected chi connectivity index (χ4v) is 2.21. The molecule has 5 heteroatoms. The first-order valence-corrected chi connectivity index (χ1v) is 7.74. The molecule has 0 aliphatic carbocycles. The molecule has 110 valence electrons. The molecule has 0 fully saturated rings. The van der Waals surface area contributed by atoms with E-state index >= 15 is 0 Å². The fourth-order valence-electron chi connectivity index (χ4n) is 1.80. The summed E-state index contributed by atoms with van der Waals surface area (Å²) in [6.07, 6.45) is 2.01. The first-order chi connectivity index (χ1) is 10.1. The Morgan fingerprint density at radius 1 is 1.24 bits per heavy atom. The number of nitrogens with one attached hydrogen (secondary N) is 1. The second-order valence-corrected chi connectivity index (χ2v) is 5.48. The predicted molar refractivity (Wildman–Crippen MR) is 87.9 cm³/mol. The maximum absolute atomic E-state index is 11.9. The Labute approximate surface area is 128 Å². The van der Waals surface area contributed by atoms with Gasteiger partial charge in [0.25, 0.3) is 5.91 Å². The highest BCUT2D eigenvalue weighted by atomic mass is 32.2. The van der Waals surface area contributed by atoms with Crippen LogP contribution < -0.4 is 15.8 Å². The van der Waals surface area contributed by atoms with Crippen LogP contribution in [0.25, 0.3) is 0 Å². The number of benzene rings is 2. The van der Waals surface area contributed by atoms with Gasteiger partial charge in [-0.3, -0.25) is 4.79 Å². The van der Waals surface area contributed by atoms with Gasteiger partial charge in [-0.2, -0.15) is 0 Å². The molecule has 2 aromatic carbocycles. The Kier molecular flexibility index (Phi) is 5.11. The molecule has 0 aliphatic heterocycles. The third-order valence-corrected chi connectivity index (χ3v) is 3.65. The van der Waals surface area contributed by atoms with E-state index in [9.17, 15) is 4.79 Å². The van der Waals surface area contributed by atoms with Gasteiger partial charge < -0.3 is 15.8 Å². The van der Waals surface area contributed by atoms with Crippen molar-refractivity contribution in [3.63, 3.8) is 0 Å². The molecule has 0 aliphatic rings. The van der Waals surface area contributed by atoms with Crippen molar-refractivity contribution < 1.29 is 9.53 Å². The van der Waals surface area contributed by atoms with E-state index < -0.39 is 0 Å². The standard InChI is InChI=1S/C16H18N2O2S/c1-11-3-8-15(14(17)9-11)18-16(19)10-20-12-4-6-13(21-2)7-5-12/h3-9H,10,17H2,1-2H3,(H,18,19). The Balaban J connectivity index is 1.89. The average molecular weight is 302 g/mol. The van der Waals surface area contributed by atoms with Crippen LogP contribution in [0.4, 0.5) is 11.4 Å². The minimum atomic E-state index is -0.237. The summed E-state index contributed by atoms with van der Waals surface area (Å²) in [4.78, 5) is 13.0. The van der Waals surface area contributed by atoms with Gasteiger partial charge in [0.05, 0.1) is 11.4 Å². The molecule has 0 aromatic heterocycles. The molecule has 2 rings (SSSR count). The minimum absolute atomic E-state index is 0.0497. The monoisotopic (exact) mass is 302 g/mol. The van der Waals surface area contributed by atoms with Crippen molar-refractivity contribution in [2.75, 3.05) is 23.9 Å². The van der Waals surface area contributed by atoms with E-state index in [4.69, 9.17) is 10.5 Å². The number of carbonyl (C=O) groups is 1. The summed E-state index contributed by atoms with van der Waals surface area (Å²) in [5.74, 6) is 0.430. The van der Waals surface area contributed by atoms with Crippen LogP contribution in [-0.4, -0.2) is 18.8 Å². The molecule has 0 saturated carbocycles. The van der Waals surface area contributed by atoms with Crippen molar-refractivity contribution in [2.45, 2.75) is 11.8 Å². The van der Waals surface area contributed by atoms with Crippen LogP contribution in [0.15, 0.2) is 47.4 Å². The first kappa shape index (κ1) is 15.3. The van der Waals surface area contributed by atoms with E-state index in [1.54, 1.807) is 17.8 Å². The van der Waals surface area contributed by atoms with Crippen LogP contribution in [0, 0.1) is 6.92 Å². The molecule has 0 bridgehead atoms. The molecule has 0 spiro atoms. The van der Waals surface area contributed by atoms with Gasteiger partial charge in [0.1, 0.15) is 5.75 Å². The van der Waals surface area contributed by atoms with Crippen LogP contribution in [-0.2, 0) is 4.79 Å². The highest BCUT2D eigenvalue weighted by molar-refractivity contribution is 7.98. The lowest BCUT2D eigenvalue weighted by Crippen LogP contribution is -2.20. The maximum Gasteiger partial charge on any atom is 0.262 e. The lowest BCUT2D eigenvalue weighted by molar-refractivity contribution is -0.118. The van der Waals surface area contributed by atoms with E-state index in [1.165, 1.54) is 0 Å². The number of aryl methyl sites for hydroxylation is 1. The Bertz CT molecular complexity index is 627. The summed E-state index contributed by atoms with van der Waals surface area (Å²) in [6, 6.07) is 13.1. The highest BCUT2D eigenvalue weighted by Gasteiger charge is 2.06. The fraction of sp³-hybridized carbons (Fsp3) is 0.188. The lowest BCUT2D eigenvalue weighted by atomic mass is 10.2. The van der Waals surface area contributed by atoms with Crippen molar-refractivity contribution in [3.05, 3.63) is 48.0 Å². The largest absolute Gasteiger partial charge is 0.484 e. The minimum Gasteiger partial charge on any atom is -0.484 e. The third kappa shape index (κ3) is 4.43. The van der Waals surface area contributed by atoms with Crippen molar-refractivity contribution in [1.29, 1.82) is 0 Å². The van der Waals surface area contributed by atoms with E-state index in [1.807, 2.05) is 49.6 Å². The summed E-state index contributed by atoms with van der Waals surface area (Å²) in [5, 5.41) is 2.74. The summed E-state index contributed by atoms with van der Waals surface area (Å²) in [7, 11) is 0. The zero-order valence-corrected chi connectivity index (χ0v) is 12.9. The summed E-state index contributed by atoms with van der Waals surface area (Å²) in [6.45, 7) is 1.90. The van der Waals surface area contributed by atoms with Crippen LogP contribution in [0.3, 0.4) is 0 Å². The number of carbonyl (C=O) groups excluding carboxylic acids is 1. The van der Waals surface area contributed by atoms with Crippen LogP contribution in [0.1, 0.15) is 5.56 Å². The second kappa shape index (κ2) is 7.04. The number of nitrogens with two attached hydrogens (primary N) is 1.